The highest BCUT2D eigenvalue weighted by Crippen LogP contribution is 2.21. The van der Waals surface area contributed by atoms with Crippen molar-refractivity contribution in [2.45, 2.75) is 63.4 Å². The number of thiocarbonyl (C=S) groups is 1. The summed E-state index contributed by atoms with van der Waals surface area (Å²) in [5.74, 6) is 0. The van der Waals surface area contributed by atoms with Crippen LogP contribution < -0.4 is 11.1 Å². The molecule has 140 valence electrons. The molecule has 0 radical (unpaired) electrons. The monoisotopic (exact) mass is 386 g/mol. The Morgan fingerprint density at radius 3 is 2.31 bits per heavy atom. The van der Waals surface area contributed by atoms with Crippen LogP contribution in [0.3, 0.4) is 0 Å². The highest BCUT2D eigenvalue weighted by atomic mass is 32.2. The van der Waals surface area contributed by atoms with Crippen molar-refractivity contribution in [3.8, 4) is 0 Å². The van der Waals surface area contributed by atoms with Gasteiger partial charge in [0.05, 0.1) is 0 Å². The summed E-state index contributed by atoms with van der Waals surface area (Å²) in [5, 5.41) is 3.22. The van der Waals surface area contributed by atoms with Gasteiger partial charge in [-0.3, -0.25) is 0 Å². The van der Waals surface area contributed by atoms with Crippen LogP contribution in [0.4, 0.5) is 0 Å². The lowest BCUT2D eigenvalue weighted by Gasteiger charge is -2.16. The van der Waals surface area contributed by atoms with Crippen molar-refractivity contribution in [3.63, 3.8) is 0 Å². The minimum atomic E-state index is -0.279. The molecule has 3 N–H and O–H groups in total. The predicted octanol–water partition coefficient (Wildman–Crippen LogP) is 6.13. The molecule has 0 aliphatic heterocycles. The van der Waals surface area contributed by atoms with Crippen LogP contribution in [0, 0.1) is 6.92 Å². The second kappa shape index (κ2) is 11.4. The largest absolute Gasteiger partial charge is 0.352 e. The van der Waals surface area contributed by atoms with Gasteiger partial charge in [-0.1, -0.05) is 98.5 Å². The Balaban J connectivity index is 1.78. The van der Waals surface area contributed by atoms with Crippen molar-refractivity contribution >= 4 is 28.3 Å². The summed E-state index contributed by atoms with van der Waals surface area (Å²) in [6, 6.07) is 16.9. The summed E-state index contributed by atoms with van der Waals surface area (Å²) in [5.41, 5.74) is 9.96. The van der Waals surface area contributed by atoms with Crippen LogP contribution in [-0.2, 0) is 6.42 Å². The Labute approximate surface area is 168 Å². The fraction of sp³-hybridized carbons (Fsp3) is 0.409. The van der Waals surface area contributed by atoms with Crippen LogP contribution in [0.15, 0.2) is 53.4 Å². The van der Waals surface area contributed by atoms with Gasteiger partial charge in [-0.05, 0) is 43.0 Å². The van der Waals surface area contributed by atoms with E-state index in [4.69, 9.17) is 18.0 Å². The third kappa shape index (κ3) is 7.48. The summed E-state index contributed by atoms with van der Waals surface area (Å²) in [6.45, 7) is 4.33. The first-order valence-corrected chi connectivity index (χ1v) is 10.7. The van der Waals surface area contributed by atoms with Gasteiger partial charge in [0.1, 0.15) is 10.5 Å². The zero-order chi connectivity index (χ0) is 18.8. The molecule has 2 nitrogen and oxygen atoms in total. The summed E-state index contributed by atoms with van der Waals surface area (Å²) >= 11 is 6.97. The van der Waals surface area contributed by atoms with Gasteiger partial charge in [-0.25, -0.2) is 0 Å². The lowest BCUT2D eigenvalue weighted by Crippen LogP contribution is -2.31. The van der Waals surface area contributed by atoms with Crippen molar-refractivity contribution in [1.29, 1.82) is 0 Å². The maximum absolute atomic E-state index is 6.27. The molecule has 2 aromatic rings. The zero-order valence-corrected chi connectivity index (χ0v) is 17.5. The average molecular weight is 387 g/mol. The normalized spacial score (nSPS) is 12.0. The molecule has 1 atom stereocenters. The average Bonchev–Trinajstić information content (AvgIpc) is 2.64. The molecule has 1 unspecified atom stereocenters. The molecule has 0 aliphatic rings. The van der Waals surface area contributed by atoms with Crippen LogP contribution in [0.2, 0.25) is 0 Å². The van der Waals surface area contributed by atoms with E-state index in [1.54, 1.807) is 0 Å². The Morgan fingerprint density at radius 1 is 1.00 bits per heavy atom. The van der Waals surface area contributed by atoms with Gasteiger partial charge in [0.25, 0.3) is 0 Å². The molecule has 0 spiro atoms. The zero-order valence-electron chi connectivity index (χ0n) is 15.8. The Morgan fingerprint density at radius 2 is 1.65 bits per heavy atom. The molecule has 0 heterocycles. The van der Waals surface area contributed by atoms with E-state index in [0.29, 0.717) is 4.32 Å². The molecule has 0 aliphatic carbocycles. The van der Waals surface area contributed by atoms with Crippen LogP contribution >= 0.6 is 24.0 Å². The van der Waals surface area contributed by atoms with Gasteiger partial charge >= 0.3 is 0 Å². The SMILES string of the molecule is CCCCCCCc1ccc(C(N)NC(=S)Sc2ccc(C)cc2)cc1. The smallest absolute Gasteiger partial charge is 0.140 e. The molecule has 0 saturated heterocycles. The molecular weight excluding hydrogens is 356 g/mol. The predicted molar refractivity (Wildman–Crippen MR) is 119 cm³/mol. The molecule has 0 bridgehead atoms. The van der Waals surface area contributed by atoms with Crippen molar-refractivity contribution in [3.05, 3.63) is 65.2 Å². The number of unbranched alkanes of at least 4 members (excludes halogenated alkanes) is 4. The number of rotatable bonds is 9. The van der Waals surface area contributed by atoms with E-state index in [-0.39, 0.29) is 6.17 Å². The minimum Gasteiger partial charge on any atom is -0.352 e. The van der Waals surface area contributed by atoms with Crippen LogP contribution in [0.25, 0.3) is 0 Å². The van der Waals surface area contributed by atoms with E-state index >= 15 is 0 Å². The standard InChI is InChI=1S/C22H30N2S2/c1-3-4-5-6-7-8-18-11-13-19(14-12-18)21(23)24-22(25)26-20-15-9-17(2)10-16-20/h9-16,21H,3-8,23H2,1-2H3,(H,24,25). The number of hydrogen-bond acceptors (Lipinski definition) is 3. The van der Waals surface area contributed by atoms with Crippen molar-refractivity contribution in [1.82, 2.24) is 5.32 Å². The molecule has 4 heteroatoms. The quantitative estimate of drug-likeness (QED) is 0.235. The first-order valence-electron chi connectivity index (χ1n) is 9.48. The van der Waals surface area contributed by atoms with Gasteiger partial charge in [0.2, 0.25) is 0 Å². The minimum absolute atomic E-state index is 0.279. The van der Waals surface area contributed by atoms with Crippen molar-refractivity contribution < 1.29 is 0 Å². The lowest BCUT2D eigenvalue weighted by molar-refractivity contribution is 0.632. The van der Waals surface area contributed by atoms with Gasteiger partial charge in [0.15, 0.2) is 0 Å². The van der Waals surface area contributed by atoms with Crippen LogP contribution in [-0.4, -0.2) is 4.32 Å². The van der Waals surface area contributed by atoms with Crippen LogP contribution in [0.5, 0.6) is 0 Å². The third-order valence-corrected chi connectivity index (χ3v) is 5.59. The summed E-state index contributed by atoms with van der Waals surface area (Å²) < 4.78 is 0.696. The van der Waals surface area contributed by atoms with E-state index in [0.717, 1.165) is 16.9 Å². The van der Waals surface area contributed by atoms with E-state index in [2.05, 4.69) is 67.7 Å². The Kier molecular flexibility index (Phi) is 9.16. The maximum Gasteiger partial charge on any atom is 0.140 e. The molecule has 2 rings (SSSR count). The lowest BCUT2D eigenvalue weighted by atomic mass is 10.0. The van der Waals surface area contributed by atoms with Gasteiger partial charge in [-0.15, -0.1) is 0 Å². The van der Waals surface area contributed by atoms with Crippen molar-refractivity contribution in [2.24, 2.45) is 5.73 Å². The second-order valence-electron chi connectivity index (χ2n) is 6.73. The van der Waals surface area contributed by atoms with E-state index in [1.807, 2.05) is 0 Å². The van der Waals surface area contributed by atoms with Crippen molar-refractivity contribution in [2.75, 3.05) is 0 Å². The van der Waals surface area contributed by atoms with E-state index in [9.17, 15) is 0 Å². The number of hydrogen-bond donors (Lipinski definition) is 2. The number of aryl methyl sites for hydroxylation is 2. The number of nitrogens with one attached hydrogen (secondary N) is 1. The second-order valence-corrected chi connectivity index (χ2v) is 8.48. The maximum atomic E-state index is 6.27. The summed E-state index contributed by atoms with van der Waals surface area (Å²) in [7, 11) is 0. The van der Waals surface area contributed by atoms with E-state index in [1.165, 1.54) is 55.0 Å². The molecule has 2 aromatic carbocycles. The Hall–Kier alpha value is -1.36. The van der Waals surface area contributed by atoms with Crippen LogP contribution in [0.1, 0.15) is 61.9 Å². The van der Waals surface area contributed by atoms with Gasteiger partial charge in [0, 0.05) is 4.90 Å². The molecule has 0 fully saturated rings. The van der Waals surface area contributed by atoms with Gasteiger partial charge < -0.3 is 11.1 Å². The highest BCUT2D eigenvalue weighted by molar-refractivity contribution is 8.23. The third-order valence-electron chi connectivity index (χ3n) is 4.41. The van der Waals surface area contributed by atoms with E-state index < -0.39 is 0 Å². The first-order chi connectivity index (χ1) is 12.6. The summed E-state index contributed by atoms with van der Waals surface area (Å²) in [6.07, 6.45) is 7.44. The topological polar surface area (TPSA) is 38.0 Å². The molecule has 0 saturated carbocycles. The Bertz CT molecular complexity index is 666. The molecular formula is C22H30N2S2. The first kappa shape index (κ1) is 20.9. The van der Waals surface area contributed by atoms with Gasteiger partial charge in [-0.2, -0.15) is 0 Å². The molecule has 0 aromatic heterocycles. The number of benzene rings is 2. The fourth-order valence-electron chi connectivity index (χ4n) is 2.78. The molecule has 26 heavy (non-hydrogen) atoms. The fourth-order valence-corrected chi connectivity index (χ4v) is 3.87. The highest BCUT2D eigenvalue weighted by Gasteiger charge is 2.08. The molecule has 0 amide bonds. The summed E-state index contributed by atoms with van der Waals surface area (Å²) in [4.78, 5) is 1.12. The number of nitrogens with two attached hydrogens (primary N) is 1. The number of thioether (sulfide) groups is 1.